The van der Waals surface area contributed by atoms with Crippen LogP contribution in [0.4, 0.5) is 0 Å². The molecule has 1 saturated carbocycles. The summed E-state index contributed by atoms with van der Waals surface area (Å²) in [6, 6.07) is 16.3. The van der Waals surface area contributed by atoms with Crippen LogP contribution in [0, 0.1) is 17.2 Å². The molecule has 0 atom stereocenters. The first-order valence-electron chi connectivity index (χ1n) is 9.73. The fourth-order valence-electron chi connectivity index (χ4n) is 3.75. The molecular weight excluding hydrogens is 366 g/mol. The number of carbonyl (C=O) groups excluding carboxylic acids is 1. The highest BCUT2D eigenvalue weighted by Crippen LogP contribution is 2.33. The van der Waals surface area contributed by atoms with Gasteiger partial charge in [0.15, 0.2) is 11.4 Å². The third-order valence-electron chi connectivity index (χ3n) is 5.28. The minimum absolute atomic E-state index is 0.0716. The second-order valence-electron chi connectivity index (χ2n) is 7.25. The van der Waals surface area contributed by atoms with Crippen molar-refractivity contribution in [1.29, 1.82) is 5.26 Å². The highest BCUT2D eigenvalue weighted by atomic mass is 16.5. The van der Waals surface area contributed by atoms with Crippen LogP contribution < -0.4 is 10.1 Å². The normalized spacial score (nSPS) is 13.9. The van der Waals surface area contributed by atoms with Crippen molar-refractivity contribution < 1.29 is 14.6 Å². The molecule has 0 bridgehead atoms. The van der Waals surface area contributed by atoms with E-state index in [1.807, 2.05) is 36.4 Å². The Balaban J connectivity index is 1.63. The summed E-state index contributed by atoms with van der Waals surface area (Å²) in [4.78, 5) is 16.7. The Bertz CT molecular complexity index is 1080. The standard InChI is InChI=1S/C23H21N3O3/c24-13-20-19-12-17(29-16-8-2-1-3-9-16)10-11-18(19)22(27)21(26-20)23(28)25-14-15-6-4-5-7-15/h1-3,8-12,15,27H,4-7,14H2,(H,25,28). The molecule has 2 aromatic carbocycles. The van der Waals surface area contributed by atoms with Gasteiger partial charge in [-0.05, 0) is 49.1 Å². The Morgan fingerprint density at radius 3 is 2.62 bits per heavy atom. The first-order chi connectivity index (χ1) is 14.2. The van der Waals surface area contributed by atoms with Gasteiger partial charge in [-0.1, -0.05) is 31.0 Å². The zero-order chi connectivity index (χ0) is 20.2. The van der Waals surface area contributed by atoms with Crippen LogP contribution in [0.25, 0.3) is 10.8 Å². The number of carbonyl (C=O) groups is 1. The maximum absolute atomic E-state index is 12.6. The maximum atomic E-state index is 12.6. The number of amides is 1. The molecule has 2 N–H and O–H groups in total. The summed E-state index contributed by atoms with van der Waals surface area (Å²) >= 11 is 0. The van der Waals surface area contributed by atoms with Gasteiger partial charge in [0.05, 0.1) is 0 Å². The maximum Gasteiger partial charge on any atom is 0.273 e. The summed E-state index contributed by atoms with van der Waals surface area (Å²) in [7, 11) is 0. The highest BCUT2D eigenvalue weighted by Gasteiger charge is 2.21. The third-order valence-corrected chi connectivity index (χ3v) is 5.28. The number of nitrogens with zero attached hydrogens (tertiary/aromatic N) is 2. The average molecular weight is 387 g/mol. The Hall–Kier alpha value is -3.59. The van der Waals surface area contributed by atoms with Crippen LogP contribution in [0.1, 0.15) is 41.9 Å². The summed E-state index contributed by atoms with van der Waals surface area (Å²) in [5.41, 5.74) is -0.0499. The third kappa shape index (κ3) is 3.99. The van der Waals surface area contributed by atoms with Crippen molar-refractivity contribution in [3.05, 3.63) is 59.9 Å². The van der Waals surface area contributed by atoms with Gasteiger partial charge in [0.25, 0.3) is 5.91 Å². The number of nitrogens with one attached hydrogen (secondary N) is 1. The summed E-state index contributed by atoms with van der Waals surface area (Å²) in [6.07, 6.45) is 4.58. The van der Waals surface area contributed by atoms with Gasteiger partial charge in [0.1, 0.15) is 23.3 Å². The lowest BCUT2D eigenvalue weighted by molar-refractivity contribution is 0.0939. The monoisotopic (exact) mass is 387 g/mol. The van der Waals surface area contributed by atoms with E-state index in [-0.39, 0.29) is 17.1 Å². The Labute approximate surface area is 168 Å². The molecule has 0 aliphatic heterocycles. The molecule has 0 saturated heterocycles. The number of hydrogen-bond donors (Lipinski definition) is 2. The number of aromatic hydroxyl groups is 1. The predicted molar refractivity (Wildman–Crippen MR) is 109 cm³/mol. The number of rotatable bonds is 5. The molecule has 4 rings (SSSR count). The van der Waals surface area contributed by atoms with Crippen LogP contribution in [0.3, 0.4) is 0 Å². The van der Waals surface area contributed by atoms with Crippen LogP contribution in [0.15, 0.2) is 48.5 Å². The fourth-order valence-corrected chi connectivity index (χ4v) is 3.75. The largest absolute Gasteiger partial charge is 0.505 e. The number of para-hydroxylation sites is 1. The molecule has 0 radical (unpaired) electrons. The zero-order valence-electron chi connectivity index (χ0n) is 15.9. The van der Waals surface area contributed by atoms with Crippen molar-refractivity contribution in [3.8, 4) is 23.3 Å². The lowest BCUT2D eigenvalue weighted by Crippen LogP contribution is -2.29. The second-order valence-corrected chi connectivity index (χ2v) is 7.25. The van der Waals surface area contributed by atoms with Crippen molar-refractivity contribution in [2.45, 2.75) is 25.7 Å². The van der Waals surface area contributed by atoms with Crippen molar-refractivity contribution in [1.82, 2.24) is 10.3 Å². The Kier molecular flexibility index (Phi) is 5.30. The van der Waals surface area contributed by atoms with Crippen molar-refractivity contribution in [2.24, 2.45) is 5.92 Å². The molecule has 146 valence electrons. The van der Waals surface area contributed by atoms with Gasteiger partial charge >= 0.3 is 0 Å². The molecule has 6 heteroatoms. The van der Waals surface area contributed by atoms with E-state index in [1.54, 1.807) is 18.2 Å². The number of fused-ring (bicyclic) bond motifs is 1. The summed E-state index contributed by atoms with van der Waals surface area (Å²) in [5, 5.41) is 23.9. The van der Waals surface area contributed by atoms with Gasteiger partial charge in [-0.3, -0.25) is 4.79 Å². The summed E-state index contributed by atoms with van der Waals surface area (Å²) in [5.74, 6) is 0.951. The van der Waals surface area contributed by atoms with E-state index in [0.29, 0.717) is 34.7 Å². The number of nitriles is 1. The average Bonchev–Trinajstić information content (AvgIpc) is 3.27. The zero-order valence-corrected chi connectivity index (χ0v) is 15.9. The van der Waals surface area contributed by atoms with Gasteiger partial charge in [-0.25, -0.2) is 4.98 Å². The minimum Gasteiger partial charge on any atom is -0.505 e. The SMILES string of the molecule is N#Cc1nc(C(=O)NCC2CCCC2)c(O)c2ccc(Oc3ccccc3)cc12. The van der Waals surface area contributed by atoms with E-state index in [1.165, 1.54) is 12.8 Å². The lowest BCUT2D eigenvalue weighted by Gasteiger charge is -2.13. The van der Waals surface area contributed by atoms with Crippen LogP contribution in [0.2, 0.25) is 0 Å². The van der Waals surface area contributed by atoms with E-state index in [0.717, 1.165) is 12.8 Å². The first kappa shape index (κ1) is 18.8. The molecule has 1 aromatic heterocycles. The molecule has 0 unspecified atom stereocenters. The molecule has 1 heterocycles. The lowest BCUT2D eigenvalue weighted by atomic mass is 10.1. The van der Waals surface area contributed by atoms with Gasteiger partial charge in [0.2, 0.25) is 0 Å². The van der Waals surface area contributed by atoms with Crippen LogP contribution >= 0.6 is 0 Å². The van der Waals surface area contributed by atoms with Crippen LogP contribution in [-0.2, 0) is 0 Å². The molecule has 1 amide bonds. The molecule has 3 aromatic rings. The number of ether oxygens (including phenoxy) is 1. The van der Waals surface area contributed by atoms with Crippen LogP contribution in [0.5, 0.6) is 17.2 Å². The molecule has 29 heavy (non-hydrogen) atoms. The number of hydrogen-bond acceptors (Lipinski definition) is 5. The predicted octanol–water partition coefficient (Wildman–Crippen LogP) is 4.52. The second kappa shape index (κ2) is 8.19. The molecular formula is C23H21N3O3. The van der Waals surface area contributed by atoms with Crippen LogP contribution in [-0.4, -0.2) is 22.5 Å². The smallest absolute Gasteiger partial charge is 0.273 e. The van der Waals surface area contributed by atoms with Gasteiger partial charge < -0.3 is 15.2 Å². The first-order valence-corrected chi connectivity index (χ1v) is 9.73. The molecule has 1 aliphatic carbocycles. The summed E-state index contributed by atoms with van der Waals surface area (Å²) < 4.78 is 5.80. The topological polar surface area (TPSA) is 95.2 Å². The van der Waals surface area contributed by atoms with E-state index < -0.39 is 5.91 Å². The fraction of sp³-hybridized carbons (Fsp3) is 0.261. The highest BCUT2D eigenvalue weighted by molar-refractivity contribution is 6.03. The van der Waals surface area contributed by atoms with Gasteiger partial charge in [-0.15, -0.1) is 0 Å². The van der Waals surface area contributed by atoms with E-state index >= 15 is 0 Å². The number of pyridine rings is 1. The Morgan fingerprint density at radius 1 is 1.14 bits per heavy atom. The minimum atomic E-state index is -0.461. The van der Waals surface area contributed by atoms with Crippen molar-refractivity contribution >= 4 is 16.7 Å². The molecule has 1 aliphatic rings. The molecule has 0 spiro atoms. The van der Waals surface area contributed by atoms with E-state index in [4.69, 9.17) is 4.74 Å². The number of aromatic nitrogens is 1. The van der Waals surface area contributed by atoms with Gasteiger partial charge in [0, 0.05) is 17.3 Å². The Morgan fingerprint density at radius 2 is 1.90 bits per heavy atom. The van der Waals surface area contributed by atoms with E-state index in [2.05, 4.69) is 10.3 Å². The van der Waals surface area contributed by atoms with Crippen molar-refractivity contribution in [3.63, 3.8) is 0 Å². The van der Waals surface area contributed by atoms with Gasteiger partial charge in [-0.2, -0.15) is 5.26 Å². The van der Waals surface area contributed by atoms with E-state index in [9.17, 15) is 15.2 Å². The molecule has 1 fully saturated rings. The number of benzene rings is 2. The molecule has 6 nitrogen and oxygen atoms in total. The summed E-state index contributed by atoms with van der Waals surface area (Å²) in [6.45, 7) is 0.559. The van der Waals surface area contributed by atoms with Crippen molar-refractivity contribution in [2.75, 3.05) is 6.54 Å². The quantitative estimate of drug-likeness (QED) is 0.671.